The van der Waals surface area contributed by atoms with Gasteiger partial charge in [-0.25, -0.2) is 0 Å². The topological polar surface area (TPSA) is 46.2 Å². The molecular weight excluding hydrogens is 254 g/mol. The molecule has 1 N–H and O–H groups in total. The average Bonchev–Trinajstić information content (AvgIpc) is 2.77. The number of carbonyl (C=O) groups is 1. The van der Waals surface area contributed by atoms with Crippen molar-refractivity contribution in [2.75, 3.05) is 18.6 Å². The van der Waals surface area contributed by atoms with Crippen molar-refractivity contribution >= 4 is 28.0 Å². The summed E-state index contributed by atoms with van der Waals surface area (Å²) >= 11 is 1.73. The van der Waals surface area contributed by atoms with E-state index < -0.39 is 10.8 Å². The van der Waals surface area contributed by atoms with Gasteiger partial charge in [-0.15, -0.1) is 11.3 Å². The van der Waals surface area contributed by atoms with E-state index in [0.29, 0.717) is 18.7 Å². The third-order valence-electron chi connectivity index (χ3n) is 2.34. The largest absolute Gasteiger partial charge is 0.356 e. The molecule has 0 aliphatic carbocycles. The molecule has 96 valence electrons. The first kappa shape index (κ1) is 14.4. The molecule has 1 aromatic rings. The van der Waals surface area contributed by atoms with Crippen LogP contribution < -0.4 is 5.32 Å². The van der Waals surface area contributed by atoms with E-state index in [2.05, 4.69) is 16.8 Å². The smallest absolute Gasteiger partial charge is 0.220 e. The summed E-state index contributed by atoms with van der Waals surface area (Å²) in [6, 6.07) is 4.13. The van der Waals surface area contributed by atoms with Crippen molar-refractivity contribution in [1.82, 2.24) is 5.32 Å². The van der Waals surface area contributed by atoms with Crippen LogP contribution in [0.5, 0.6) is 0 Å². The summed E-state index contributed by atoms with van der Waals surface area (Å²) in [4.78, 5) is 12.8. The number of nitrogens with one attached hydrogen (secondary N) is 1. The molecule has 0 aliphatic heterocycles. The van der Waals surface area contributed by atoms with E-state index in [-0.39, 0.29) is 5.91 Å². The molecule has 0 bridgehead atoms. The van der Waals surface area contributed by atoms with E-state index in [1.165, 1.54) is 4.88 Å². The number of carbonyl (C=O) groups excluding carboxylic acids is 1. The monoisotopic (exact) mass is 273 g/mol. The zero-order valence-electron chi connectivity index (χ0n) is 10.1. The maximum absolute atomic E-state index is 11.4. The third kappa shape index (κ3) is 7.28. The second-order valence-corrected chi connectivity index (χ2v) is 6.50. The Morgan fingerprint density at radius 3 is 2.94 bits per heavy atom. The summed E-state index contributed by atoms with van der Waals surface area (Å²) in [7, 11) is -0.756. The number of hydrogen-bond donors (Lipinski definition) is 1. The minimum atomic E-state index is -0.756. The van der Waals surface area contributed by atoms with Crippen molar-refractivity contribution in [2.24, 2.45) is 0 Å². The van der Waals surface area contributed by atoms with E-state index in [1.54, 1.807) is 17.6 Å². The molecule has 1 rings (SSSR count). The Morgan fingerprint density at radius 1 is 1.47 bits per heavy atom. The van der Waals surface area contributed by atoms with Crippen molar-refractivity contribution in [2.45, 2.75) is 25.7 Å². The summed E-state index contributed by atoms with van der Waals surface area (Å²) in [6.07, 6.45) is 4.92. The Kier molecular flexibility index (Phi) is 7.12. The van der Waals surface area contributed by atoms with Gasteiger partial charge in [-0.2, -0.15) is 0 Å². The third-order valence-corrected chi connectivity index (χ3v) is 4.14. The van der Waals surface area contributed by atoms with Crippen LogP contribution in [-0.2, 0) is 22.0 Å². The van der Waals surface area contributed by atoms with Crippen LogP contribution in [0.2, 0.25) is 0 Å². The lowest BCUT2D eigenvalue weighted by atomic mass is 10.2. The van der Waals surface area contributed by atoms with Gasteiger partial charge >= 0.3 is 0 Å². The molecule has 17 heavy (non-hydrogen) atoms. The lowest BCUT2D eigenvalue weighted by Crippen LogP contribution is -2.25. The van der Waals surface area contributed by atoms with Crippen LogP contribution in [0, 0.1) is 0 Å². The molecule has 0 spiro atoms. The van der Waals surface area contributed by atoms with Gasteiger partial charge in [-0.3, -0.25) is 9.00 Å². The minimum absolute atomic E-state index is 0.100. The van der Waals surface area contributed by atoms with Crippen LogP contribution in [0.3, 0.4) is 0 Å². The average molecular weight is 273 g/mol. The summed E-state index contributed by atoms with van der Waals surface area (Å²) < 4.78 is 10.8. The van der Waals surface area contributed by atoms with Gasteiger partial charge in [0.1, 0.15) is 0 Å². The quantitative estimate of drug-likeness (QED) is 0.736. The lowest BCUT2D eigenvalue weighted by Gasteiger charge is -2.03. The molecule has 1 heterocycles. The molecule has 1 amide bonds. The van der Waals surface area contributed by atoms with E-state index in [9.17, 15) is 9.00 Å². The Bertz CT molecular complexity index is 349. The first-order valence-electron chi connectivity index (χ1n) is 5.77. The highest BCUT2D eigenvalue weighted by Gasteiger charge is 2.01. The standard InChI is InChI=1S/C12H19NO2S2/c1-17(15)10-4-8-13-12(14)7-2-5-11-6-3-9-16-11/h3,6,9H,2,4-5,7-8,10H2,1H3,(H,13,14). The van der Waals surface area contributed by atoms with Crippen molar-refractivity contribution < 1.29 is 9.00 Å². The van der Waals surface area contributed by atoms with Crippen LogP contribution in [0.1, 0.15) is 24.1 Å². The molecule has 0 fully saturated rings. The maximum Gasteiger partial charge on any atom is 0.220 e. The summed E-state index contributed by atoms with van der Waals surface area (Å²) in [6.45, 7) is 0.636. The Balaban J connectivity index is 1.99. The van der Waals surface area contributed by atoms with Crippen LogP contribution in [0.25, 0.3) is 0 Å². The summed E-state index contributed by atoms with van der Waals surface area (Å²) in [5, 5.41) is 4.90. The van der Waals surface area contributed by atoms with Crippen LogP contribution in [-0.4, -0.2) is 28.7 Å². The number of thiophene rings is 1. The number of hydrogen-bond acceptors (Lipinski definition) is 3. The zero-order valence-corrected chi connectivity index (χ0v) is 11.7. The van der Waals surface area contributed by atoms with E-state index >= 15 is 0 Å². The van der Waals surface area contributed by atoms with Gasteiger partial charge in [0.15, 0.2) is 0 Å². The Morgan fingerprint density at radius 2 is 2.29 bits per heavy atom. The molecule has 0 aliphatic rings. The molecular formula is C12H19NO2S2. The highest BCUT2D eigenvalue weighted by atomic mass is 32.2. The first-order chi connectivity index (χ1) is 8.18. The minimum Gasteiger partial charge on any atom is -0.356 e. The highest BCUT2D eigenvalue weighted by Crippen LogP contribution is 2.11. The van der Waals surface area contributed by atoms with Crippen LogP contribution >= 0.6 is 11.3 Å². The molecule has 0 aromatic carbocycles. The van der Waals surface area contributed by atoms with Gasteiger partial charge in [0.2, 0.25) is 5.91 Å². The fraction of sp³-hybridized carbons (Fsp3) is 0.583. The summed E-state index contributed by atoms with van der Waals surface area (Å²) in [5.41, 5.74) is 0. The van der Waals surface area contributed by atoms with Gasteiger partial charge < -0.3 is 5.32 Å². The van der Waals surface area contributed by atoms with E-state index in [1.807, 2.05) is 6.07 Å². The predicted octanol–water partition coefficient (Wildman–Crippen LogP) is 1.96. The first-order valence-corrected chi connectivity index (χ1v) is 8.38. The van der Waals surface area contributed by atoms with Gasteiger partial charge in [-0.1, -0.05) is 6.07 Å². The number of amides is 1. The molecule has 1 atom stereocenters. The molecule has 1 aromatic heterocycles. The zero-order chi connectivity index (χ0) is 12.5. The number of rotatable bonds is 8. The van der Waals surface area contributed by atoms with Crippen LogP contribution in [0.15, 0.2) is 17.5 Å². The van der Waals surface area contributed by atoms with Crippen LogP contribution in [0.4, 0.5) is 0 Å². The number of aryl methyl sites for hydroxylation is 1. The molecule has 0 saturated heterocycles. The van der Waals surface area contributed by atoms with E-state index in [4.69, 9.17) is 0 Å². The fourth-order valence-electron chi connectivity index (χ4n) is 1.47. The molecule has 3 nitrogen and oxygen atoms in total. The Hall–Kier alpha value is -0.680. The van der Waals surface area contributed by atoms with Crippen molar-refractivity contribution in [3.8, 4) is 0 Å². The summed E-state index contributed by atoms with van der Waals surface area (Å²) in [5.74, 6) is 0.763. The lowest BCUT2D eigenvalue weighted by molar-refractivity contribution is -0.121. The molecule has 5 heteroatoms. The van der Waals surface area contributed by atoms with E-state index in [0.717, 1.165) is 19.3 Å². The van der Waals surface area contributed by atoms with Crippen molar-refractivity contribution in [1.29, 1.82) is 0 Å². The van der Waals surface area contributed by atoms with Crippen molar-refractivity contribution in [3.63, 3.8) is 0 Å². The highest BCUT2D eigenvalue weighted by molar-refractivity contribution is 7.84. The Labute approximate surface area is 109 Å². The molecule has 1 unspecified atom stereocenters. The molecule has 0 radical (unpaired) electrons. The second-order valence-electron chi connectivity index (χ2n) is 3.91. The van der Waals surface area contributed by atoms with Gasteiger partial charge in [-0.05, 0) is 30.7 Å². The van der Waals surface area contributed by atoms with Gasteiger partial charge in [0, 0.05) is 40.7 Å². The maximum atomic E-state index is 11.4. The van der Waals surface area contributed by atoms with Gasteiger partial charge in [0.25, 0.3) is 0 Å². The predicted molar refractivity (Wildman–Crippen MR) is 73.8 cm³/mol. The van der Waals surface area contributed by atoms with Gasteiger partial charge in [0.05, 0.1) is 0 Å². The molecule has 0 saturated carbocycles. The SMILES string of the molecule is CS(=O)CCCNC(=O)CCCc1cccs1. The second kappa shape index (κ2) is 8.42. The normalized spacial score (nSPS) is 12.3. The van der Waals surface area contributed by atoms with Crippen molar-refractivity contribution in [3.05, 3.63) is 22.4 Å². The fourth-order valence-corrected chi connectivity index (χ4v) is 2.77.